The summed E-state index contributed by atoms with van der Waals surface area (Å²) in [6.07, 6.45) is -1.30. The topological polar surface area (TPSA) is 55.4 Å². The van der Waals surface area contributed by atoms with Crippen molar-refractivity contribution in [1.82, 2.24) is 0 Å². The molecule has 4 nitrogen and oxygen atoms in total. The number of halogens is 2. The van der Waals surface area contributed by atoms with Crippen molar-refractivity contribution in [2.75, 3.05) is 5.32 Å². The van der Waals surface area contributed by atoms with Gasteiger partial charge in [-0.3, -0.25) is 4.79 Å². The van der Waals surface area contributed by atoms with E-state index in [2.05, 4.69) is 5.32 Å². The van der Waals surface area contributed by atoms with Gasteiger partial charge in [-0.2, -0.15) is 0 Å². The molecule has 0 aromatic heterocycles. The van der Waals surface area contributed by atoms with Crippen LogP contribution in [0.2, 0.25) is 0 Å². The summed E-state index contributed by atoms with van der Waals surface area (Å²) in [6.45, 7) is 3.73. The van der Waals surface area contributed by atoms with Gasteiger partial charge in [0, 0.05) is 17.3 Å². The van der Waals surface area contributed by atoms with Crippen molar-refractivity contribution in [1.29, 1.82) is 0 Å². The van der Waals surface area contributed by atoms with Gasteiger partial charge in [-0.15, -0.1) is 0 Å². The highest BCUT2D eigenvalue weighted by molar-refractivity contribution is 5.98. The molecule has 0 saturated heterocycles. The van der Waals surface area contributed by atoms with Crippen molar-refractivity contribution in [3.05, 3.63) is 101 Å². The minimum Gasteiger partial charge on any atom is -0.444 e. The van der Waals surface area contributed by atoms with Gasteiger partial charge in [-0.25, -0.2) is 13.6 Å². The second-order valence-electron chi connectivity index (χ2n) is 6.66. The van der Waals surface area contributed by atoms with E-state index in [4.69, 9.17) is 4.74 Å². The van der Waals surface area contributed by atoms with Crippen LogP contribution in [0.25, 0.3) is 0 Å². The van der Waals surface area contributed by atoms with Gasteiger partial charge >= 0.3 is 5.97 Å². The number of carbonyl (C=O) groups excluding carboxylic acids is 2. The fourth-order valence-corrected chi connectivity index (χ4v) is 2.82. The Labute approximate surface area is 167 Å². The number of hydrogen-bond donors (Lipinski definition) is 1. The predicted molar refractivity (Wildman–Crippen MR) is 106 cm³/mol. The molecule has 148 valence electrons. The number of aryl methyl sites for hydroxylation is 2. The van der Waals surface area contributed by atoms with Crippen LogP contribution < -0.4 is 5.32 Å². The molecule has 3 aromatic carbocycles. The number of hydrogen-bond acceptors (Lipinski definition) is 3. The van der Waals surface area contributed by atoms with Crippen molar-refractivity contribution < 1.29 is 23.1 Å². The number of nitrogens with one attached hydrogen (secondary N) is 1. The molecule has 0 aliphatic carbocycles. The van der Waals surface area contributed by atoms with Gasteiger partial charge in [0.15, 0.2) is 0 Å². The Bertz CT molecular complexity index is 1030. The average Bonchev–Trinajstić information content (AvgIpc) is 2.68. The maximum atomic E-state index is 13.4. The quantitative estimate of drug-likeness (QED) is 0.610. The highest BCUT2D eigenvalue weighted by Crippen LogP contribution is 2.24. The van der Waals surface area contributed by atoms with E-state index >= 15 is 0 Å². The zero-order valence-corrected chi connectivity index (χ0v) is 15.9. The monoisotopic (exact) mass is 395 g/mol. The van der Waals surface area contributed by atoms with Crippen molar-refractivity contribution in [3.8, 4) is 0 Å². The smallest absolute Gasteiger partial charge is 0.339 e. The van der Waals surface area contributed by atoms with Gasteiger partial charge in [0.05, 0.1) is 5.56 Å². The van der Waals surface area contributed by atoms with E-state index in [0.29, 0.717) is 17.3 Å². The zero-order valence-electron chi connectivity index (χ0n) is 15.9. The second-order valence-corrected chi connectivity index (χ2v) is 6.66. The molecule has 0 radical (unpaired) electrons. The van der Waals surface area contributed by atoms with Crippen LogP contribution in [0, 0.1) is 25.5 Å². The third-order valence-corrected chi connectivity index (χ3v) is 4.31. The van der Waals surface area contributed by atoms with Crippen molar-refractivity contribution in [2.24, 2.45) is 0 Å². The first-order valence-corrected chi connectivity index (χ1v) is 8.93. The molecule has 0 bridgehead atoms. The van der Waals surface area contributed by atoms with Crippen molar-refractivity contribution in [2.45, 2.75) is 20.0 Å². The molecule has 0 spiro atoms. The van der Waals surface area contributed by atoms with E-state index in [1.54, 1.807) is 36.4 Å². The molecule has 0 aliphatic rings. The standard InChI is InChI=1S/C23H19F2NO3/c1-14-8-9-15(2)20(10-14)26-22(27)21(16-6-4-3-5-7-16)29-23(28)17-11-18(24)13-19(25)12-17/h3-13,21H,1-2H3,(H,26,27)/t21-/m1/s1. The predicted octanol–water partition coefficient (Wildman–Crippen LogP) is 5.12. The lowest BCUT2D eigenvalue weighted by molar-refractivity contribution is -0.125. The van der Waals surface area contributed by atoms with Gasteiger partial charge in [-0.1, -0.05) is 42.5 Å². The van der Waals surface area contributed by atoms with E-state index in [1.807, 2.05) is 26.0 Å². The fraction of sp³-hybridized carbons (Fsp3) is 0.130. The number of ether oxygens (including phenoxy) is 1. The summed E-state index contributed by atoms with van der Waals surface area (Å²) in [7, 11) is 0. The Kier molecular flexibility index (Phi) is 6.02. The first-order valence-electron chi connectivity index (χ1n) is 8.93. The summed E-state index contributed by atoms with van der Waals surface area (Å²) in [5.74, 6) is -3.40. The minimum atomic E-state index is -1.30. The summed E-state index contributed by atoms with van der Waals surface area (Å²) >= 11 is 0. The van der Waals surface area contributed by atoms with Gasteiger partial charge in [0.25, 0.3) is 5.91 Å². The third-order valence-electron chi connectivity index (χ3n) is 4.31. The van der Waals surface area contributed by atoms with Crippen LogP contribution in [0.5, 0.6) is 0 Å². The molecule has 0 saturated carbocycles. The van der Waals surface area contributed by atoms with Crippen molar-refractivity contribution in [3.63, 3.8) is 0 Å². The highest BCUT2D eigenvalue weighted by atomic mass is 19.1. The number of anilines is 1. The molecular formula is C23H19F2NO3. The minimum absolute atomic E-state index is 0.317. The van der Waals surface area contributed by atoms with E-state index in [0.717, 1.165) is 23.3 Å². The van der Waals surface area contributed by atoms with Crippen molar-refractivity contribution >= 4 is 17.6 Å². The summed E-state index contributed by atoms with van der Waals surface area (Å²) in [6, 6.07) is 16.4. The maximum Gasteiger partial charge on any atom is 0.339 e. The lowest BCUT2D eigenvalue weighted by Crippen LogP contribution is -2.26. The Hall–Kier alpha value is -3.54. The number of rotatable bonds is 5. The zero-order chi connectivity index (χ0) is 21.0. The third kappa shape index (κ3) is 5.04. The SMILES string of the molecule is Cc1ccc(C)c(NC(=O)[C@H](OC(=O)c2cc(F)cc(F)c2)c2ccccc2)c1. The molecule has 29 heavy (non-hydrogen) atoms. The molecule has 0 unspecified atom stereocenters. The van der Waals surface area contributed by atoms with E-state index in [1.165, 1.54) is 0 Å². The maximum absolute atomic E-state index is 13.4. The molecule has 1 amide bonds. The molecule has 3 aromatic rings. The van der Waals surface area contributed by atoms with E-state index in [-0.39, 0.29) is 5.56 Å². The molecule has 6 heteroatoms. The first-order chi connectivity index (χ1) is 13.8. The second kappa shape index (κ2) is 8.65. The summed E-state index contributed by atoms with van der Waals surface area (Å²) in [5, 5.41) is 2.76. The van der Waals surface area contributed by atoms with Gasteiger partial charge in [-0.05, 0) is 43.2 Å². The highest BCUT2D eigenvalue weighted by Gasteiger charge is 2.26. The van der Waals surface area contributed by atoms with E-state index < -0.39 is 29.6 Å². The van der Waals surface area contributed by atoms with Crippen LogP contribution in [-0.2, 0) is 9.53 Å². The Morgan fingerprint density at radius 2 is 1.55 bits per heavy atom. The summed E-state index contributed by atoms with van der Waals surface area (Å²) in [5.41, 5.74) is 2.50. The lowest BCUT2D eigenvalue weighted by atomic mass is 10.1. The Balaban J connectivity index is 1.89. The van der Waals surface area contributed by atoms with Crippen LogP contribution in [-0.4, -0.2) is 11.9 Å². The molecule has 0 aliphatic heterocycles. The molecule has 0 fully saturated rings. The van der Waals surface area contributed by atoms with E-state index in [9.17, 15) is 18.4 Å². The number of esters is 1. The van der Waals surface area contributed by atoms with Crippen LogP contribution in [0.4, 0.5) is 14.5 Å². The lowest BCUT2D eigenvalue weighted by Gasteiger charge is -2.19. The fourth-order valence-electron chi connectivity index (χ4n) is 2.82. The molecule has 1 atom stereocenters. The van der Waals surface area contributed by atoms with Crippen LogP contribution in [0.1, 0.15) is 33.2 Å². The van der Waals surface area contributed by atoms with Crippen LogP contribution in [0.15, 0.2) is 66.7 Å². The Morgan fingerprint density at radius 1 is 0.897 bits per heavy atom. The molecule has 0 heterocycles. The van der Waals surface area contributed by atoms with Gasteiger partial charge in [0.1, 0.15) is 11.6 Å². The number of carbonyl (C=O) groups is 2. The largest absolute Gasteiger partial charge is 0.444 e. The average molecular weight is 395 g/mol. The normalized spacial score (nSPS) is 11.6. The molecule has 3 rings (SSSR count). The molecule has 1 N–H and O–H groups in total. The Morgan fingerprint density at radius 3 is 2.21 bits per heavy atom. The van der Waals surface area contributed by atoms with Crippen LogP contribution in [0.3, 0.4) is 0 Å². The summed E-state index contributed by atoms with van der Waals surface area (Å²) < 4.78 is 32.3. The summed E-state index contributed by atoms with van der Waals surface area (Å²) in [4.78, 5) is 25.4. The van der Waals surface area contributed by atoms with Gasteiger partial charge in [0.2, 0.25) is 6.10 Å². The van der Waals surface area contributed by atoms with Crippen LogP contribution >= 0.6 is 0 Å². The first kappa shape index (κ1) is 20.2. The van der Waals surface area contributed by atoms with Gasteiger partial charge < -0.3 is 10.1 Å². The molecular weight excluding hydrogens is 376 g/mol. The number of amides is 1. The number of benzene rings is 3.